The van der Waals surface area contributed by atoms with Crippen molar-refractivity contribution in [3.8, 4) is 0 Å². The van der Waals surface area contributed by atoms with Gasteiger partial charge in [-0.2, -0.15) is 0 Å². The van der Waals surface area contributed by atoms with Crippen LogP contribution in [0.25, 0.3) is 11.0 Å². The molecule has 3 aromatic heterocycles. The number of hydrogen-bond acceptors (Lipinski definition) is 7. The Morgan fingerprint density at radius 1 is 1.18 bits per heavy atom. The van der Waals surface area contributed by atoms with E-state index in [9.17, 15) is 9.59 Å². The zero-order valence-corrected chi connectivity index (χ0v) is 19.4. The molecule has 34 heavy (non-hydrogen) atoms. The minimum atomic E-state index is -0.150. The highest BCUT2D eigenvalue weighted by Crippen LogP contribution is 2.18. The number of hydrogen-bond donors (Lipinski definition) is 2. The summed E-state index contributed by atoms with van der Waals surface area (Å²) in [4.78, 5) is 41.1. The monoisotopic (exact) mass is 462 g/mol. The average molecular weight is 463 g/mol. The number of nitrogens with one attached hydrogen (secondary N) is 2. The second-order valence-electron chi connectivity index (χ2n) is 8.95. The Labute approximate surface area is 198 Å². The number of H-pyrrole nitrogens is 1. The molecule has 178 valence electrons. The number of carbonyl (C=O) groups is 1. The summed E-state index contributed by atoms with van der Waals surface area (Å²) >= 11 is 0. The third-order valence-electron chi connectivity index (χ3n) is 6.60. The third-order valence-corrected chi connectivity index (χ3v) is 6.60. The smallest absolute Gasteiger partial charge is 0.270 e. The molecule has 0 bridgehead atoms. The fraction of sp³-hybridized carbons (Fsp3) is 0.440. The predicted molar refractivity (Wildman–Crippen MR) is 130 cm³/mol. The van der Waals surface area contributed by atoms with Gasteiger partial charge in [-0.3, -0.25) is 19.5 Å². The molecule has 0 spiro atoms. The Morgan fingerprint density at radius 3 is 2.74 bits per heavy atom. The number of aromatic nitrogens is 3. The van der Waals surface area contributed by atoms with Gasteiger partial charge in [0.15, 0.2) is 0 Å². The lowest BCUT2D eigenvalue weighted by atomic mass is 10.1. The van der Waals surface area contributed by atoms with Gasteiger partial charge in [-0.15, -0.1) is 0 Å². The molecule has 3 aromatic rings. The van der Waals surface area contributed by atoms with Gasteiger partial charge in [-0.25, -0.2) is 4.98 Å². The minimum absolute atomic E-state index is 0.0350. The van der Waals surface area contributed by atoms with Crippen molar-refractivity contribution >= 4 is 22.6 Å². The maximum Gasteiger partial charge on any atom is 0.270 e. The van der Waals surface area contributed by atoms with Crippen LogP contribution in [0, 0.1) is 0 Å². The van der Waals surface area contributed by atoms with Crippen LogP contribution >= 0.6 is 0 Å². The number of aryl methyl sites for hydroxylation is 1. The Morgan fingerprint density at radius 2 is 2.03 bits per heavy atom. The molecule has 0 radical (unpaired) electrons. The molecule has 0 saturated carbocycles. The number of piperazine rings is 1. The first-order valence-corrected chi connectivity index (χ1v) is 11.9. The first-order valence-electron chi connectivity index (χ1n) is 11.9. The fourth-order valence-corrected chi connectivity index (χ4v) is 4.55. The number of ether oxygens (including phenoxy) is 1. The molecule has 0 aliphatic carbocycles. The molecule has 1 amide bonds. The standard InChI is InChI=1S/C25H30N6O3/c1-2-18-12-22-23(29-24(18)32)11-17(13-26-22)15-30-6-8-31(9-7-30)20-3-4-21(27-14-20)25(33)28-19-5-10-34-16-19/h3-4,11-14,19H,2,5-10,15-16H2,1H3,(H,28,33)(H,29,32)/t19-/m1/s1. The van der Waals surface area contributed by atoms with Crippen molar-refractivity contribution in [3.05, 3.63) is 63.8 Å². The van der Waals surface area contributed by atoms with E-state index in [1.165, 1.54) is 0 Å². The molecule has 5 heterocycles. The van der Waals surface area contributed by atoms with E-state index >= 15 is 0 Å². The summed E-state index contributed by atoms with van der Waals surface area (Å²) in [5, 5.41) is 2.97. The molecule has 1 atom stereocenters. The van der Waals surface area contributed by atoms with Gasteiger partial charge in [-0.05, 0) is 42.7 Å². The van der Waals surface area contributed by atoms with Crippen LogP contribution in [0.5, 0.6) is 0 Å². The number of rotatable bonds is 6. The Bertz CT molecular complexity index is 1210. The molecule has 2 aliphatic heterocycles. The summed E-state index contributed by atoms with van der Waals surface area (Å²) < 4.78 is 5.31. The lowest BCUT2D eigenvalue weighted by Gasteiger charge is -2.36. The molecular weight excluding hydrogens is 432 g/mol. The van der Waals surface area contributed by atoms with Gasteiger partial charge in [0, 0.05) is 51.1 Å². The van der Waals surface area contributed by atoms with Crippen LogP contribution in [0.4, 0.5) is 5.69 Å². The molecule has 2 fully saturated rings. The zero-order valence-electron chi connectivity index (χ0n) is 19.4. The van der Waals surface area contributed by atoms with Crippen LogP contribution in [-0.4, -0.2) is 71.2 Å². The summed E-state index contributed by atoms with van der Waals surface area (Å²) in [6.45, 7) is 7.60. The number of pyridine rings is 3. The van der Waals surface area contributed by atoms with Gasteiger partial charge >= 0.3 is 0 Å². The molecule has 2 aliphatic rings. The first-order chi connectivity index (χ1) is 16.6. The van der Waals surface area contributed by atoms with Crippen LogP contribution in [0.15, 0.2) is 41.5 Å². The van der Waals surface area contributed by atoms with E-state index in [1.54, 1.807) is 12.3 Å². The molecule has 0 unspecified atom stereocenters. The second kappa shape index (κ2) is 9.90. The maximum absolute atomic E-state index is 12.4. The molecule has 5 rings (SSSR count). The van der Waals surface area contributed by atoms with Crippen molar-refractivity contribution in [2.45, 2.75) is 32.4 Å². The van der Waals surface area contributed by atoms with Gasteiger partial charge in [-0.1, -0.05) is 6.92 Å². The van der Waals surface area contributed by atoms with E-state index in [-0.39, 0.29) is 17.5 Å². The van der Waals surface area contributed by atoms with Gasteiger partial charge in [0.1, 0.15) is 5.69 Å². The number of amides is 1. The van der Waals surface area contributed by atoms with E-state index < -0.39 is 0 Å². The van der Waals surface area contributed by atoms with Gasteiger partial charge < -0.3 is 19.9 Å². The highest BCUT2D eigenvalue weighted by molar-refractivity contribution is 5.92. The second-order valence-corrected chi connectivity index (χ2v) is 8.95. The van der Waals surface area contributed by atoms with Gasteiger partial charge in [0.05, 0.1) is 35.6 Å². The van der Waals surface area contributed by atoms with Crippen molar-refractivity contribution < 1.29 is 9.53 Å². The van der Waals surface area contributed by atoms with E-state index in [0.717, 1.165) is 67.0 Å². The lowest BCUT2D eigenvalue weighted by Crippen LogP contribution is -2.46. The average Bonchev–Trinajstić information content (AvgIpc) is 3.37. The fourth-order valence-electron chi connectivity index (χ4n) is 4.55. The van der Waals surface area contributed by atoms with Crippen molar-refractivity contribution in [3.63, 3.8) is 0 Å². The van der Waals surface area contributed by atoms with Crippen molar-refractivity contribution in [2.75, 3.05) is 44.3 Å². The molecule has 9 heteroatoms. The number of anilines is 1. The summed E-state index contributed by atoms with van der Waals surface area (Å²) in [5.74, 6) is -0.150. The summed E-state index contributed by atoms with van der Waals surface area (Å²) in [5.41, 5.74) is 4.88. The Kier molecular flexibility index (Phi) is 6.55. The largest absolute Gasteiger partial charge is 0.379 e. The van der Waals surface area contributed by atoms with Crippen molar-refractivity contribution in [1.29, 1.82) is 0 Å². The summed E-state index contributed by atoms with van der Waals surface area (Å²) in [6, 6.07) is 7.74. The predicted octanol–water partition coefficient (Wildman–Crippen LogP) is 1.72. The Hall–Kier alpha value is -3.30. The van der Waals surface area contributed by atoms with Crippen LogP contribution in [0.1, 0.15) is 35.0 Å². The lowest BCUT2D eigenvalue weighted by molar-refractivity contribution is 0.0925. The molecule has 0 aromatic carbocycles. The number of fused-ring (bicyclic) bond motifs is 1. The summed E-state index contributed by atoms with van der Waals surface area (Å²) in [6.07, 6.45) is 5.23. The van der Waals surface area contributed by atoms with Gasteiger partial charge in [0.2, 0.25) is 0 Å². The van der Waals surface area contributed by atoms with Crippen molar-refractivity contribution in [2.24, 2.45) is 0 Å². The number of aromatic amines is 1. The van der Waals surface area contributed by atoms with Crippen LogP contribution in [-0.2, 0) is 17.7 Å². The van der Waals surface area contributed by atoms with Gasteiger partial charge in [0.25, 0.3) is 11.5 Å². The zero-order chi connectivity index (χ0) is 23.5. The normalized spacial score (nSPS) is 19.0. The molecule has 2 N–H and O–H groups in total. The van der Waals surface area contributed by atoms with Crippen LogP contribution in [0.3, 0.4) is 0 Å². The molecule has 9 nitrogen and oxygen atoms in total. The van der Waals surface area contributed by atoms with E-state index in [2.05, 4.69) is 30.1 Å². The first kappa shape index (κ1) is 22.5. The van der Waals surface area contributed by atoms with E-state index in [1.807, 2.05) is 31.3 Å². The minimum Gasteiger partial charge on any atom is -0.379 e. The maximum atomic E-state index is 12.4. The van der Waals surface area contributed by atoms with Crippen molar-refractivity contribution in [1.82, 2.24) is 25.2 Å². The van der Waals surface area contributed by atoms with Crippen LogP contribution < -0.4 is 15.8 Å². The third kappa shape index (κ3) is 4.95. The number of carbonyl (C=O) groups excluding carboxylic acids is 1. The topological polar surface area (TPSA) is 103 Å². The SMILES string of the molecule is CCc1cc2ncc(CN3CCN(c4ccc(C(=O)N[C@@H]5CCOC5)nc4)CC3)cc2[nH]c1=O. The quantitative estimate of drug-likeness (QED) is 0.575. The van der Waals surface area contributed by atoms with E-state index in [0.29, 0.717) is 25.3 Å². The van der Waals surface area contributed by atoms with E-state index in [4.69, 9.17) is 4.74 Å². The Balaban J connectivity index is 1.16. The van der Waals surface area contributed by atoms with Crippen LogP contribution in [0.2, 0.25) is 0 Å². The molecule has 2 saturated heterocycles. The number of nitrogens with zero attached hydrogens (tertiary/aromatic N) is 4. The molecular formula is C25H30N6O3. The highest BCUT2D eigenvalue weighted by Gasteiger charge is 2.21. The summed E-state index contributed by atoms with van der Waals surface area (Å²) in [7, 11) is 0. The highest BCUT2D eigenvalue weighted by atomic mass is 16.5.